The highest BCUT2D eigenvalue weighted by molar-refractivity contribution is 6.13. The number of hydrogen-bond acceptors (Lipinski definition) is 3. The fourth-order valence-electron chi connectivity index (χ4n) is 6.31. The van der Waals surface area contributed by atoms with Gasteiger partial charge in [0.1, 0.15) is 0 Å². The van der Waals surface area contributed by atoms with E-state index in [2.05, 4.69) is 20.4 Å². The lowest BCUT2D eigenvalue weighted by molar-refractivity contribution is -0.147. The van der Waals surface area contributed by atoms with Crippen LogP contribution >= 0.6 is 0 Å². The summed E-state index contributed by atoms with van der Waals surface area (Å²) in [5.41, 5.74) is -1.70. The first-order valence-corrected chi connectivity index (χ1v) is 19.4. The van der Waals surface area contributed by atoms with Crippen LogP contribution in [0.2, 0.25) is 0 Å². The number of carbonyl (C=O) groups excluding carboxylic acids is 2. The van der Waals surface area contributed by atoms with E-state index in [9.17, 15) is 14.7 Å². The first-order chi connectivity index (χ1) is 20.9. The summed E-state index contributed by atoms with van der Waals surface area (Å²) in [6.45, 7) is 9.98. The highest BCUT2D eigenvalue weighted by Crippen LogP contribution is 2.24. The van der Waals surface area contributed by atoms with E-state index in [1.54, 1.807) is 6.92 Å². The van der Waals surface area contributed by atoms with Crippen LogP contribution in [0.3, 0.4) is 0 Å². The van der Waals surface area contributed by atoms with Gasteiger partial charge in [0.25, 0.3) is 0 Å². The van der Waals surface area contributed by atoms with Crippen molar-refractivity contribution >= 4 is 11.6 Å². The average molecular weight is 605 g/mol. The van der Waals surface area contributed by atoms with E-state index in [4.69, 9.17) is 0 Å². The Labute approximate surface area is 269 Å². The molecule has 0 unspecified atom stereocenters. The topological polar surface area (TPSA) is 54.4 Å². The van der Waals surface area contributed by atoms with Crippen molar-refractivity contribution in [2.45, 2.75) is 232 Å². The number of unbranched alkanes of at least 4 members (excludes halogenated alkanes) is 28. The summed E-state index contributed by atoms with van der Waals surface area (Å²) in [6, 6.07) is 0. The third kappa shape index (κ3) is 24.0. The van der Waals surface area contributed by atoms with E-state index >= 15 is 0 Å². The molecule has 0 aromatic carbocycles. The molecule has 0 aliphatic carbocycles. The van der Waals surface area contributed by atoms with Crippen LogP contribution in [0.4, 0.5) is 0 Å². The maximum Gasteiger partial charge on any atom is 0.202 e. The lowest BCUT2D eigenvalue weighted by Gasteiger charge is -2.26. The fourth-order valence-corrected chi connectivity index (χ4v) is 6.31. The predicted octanol–water partition coefficient (Wildman–Crippen LogP) is 13.0. The number of hydrogen-bond donors (Lipinski definition) is 1. The lowest BCUT2D eigenvalue weighted by atomic mass is 9.82. The van der Waals surface area contributed by atoms with Gasteiger partial charge in [0.2, 0.25) is 5.60 Å². The van der Waals surface area contributed by atoms with Gasteiger partial charge < -0.3 is 5.11 Å². The van der Waals surface area contributed by atoms with Gasteiger partial charge in [0.05, 0.1) is 0 Å². The van der Waals surface area contributed by atoms with Gasteiger partial charge in [-0.25, -0.2) is 0 Å². The number of rotatable bonds is 35. The molecule has 0 atom stereocenters. The van der Waals surface area contributed by atoms with Crippen LogP contribution in [-0.4, -0.2) is 22.3 Å². The molecule has 0 heterocycles. The Bertz CT molecular complexity index is 606. The van der Waals surface area contributed by atoms with Crippen molar-refractivity contribution in [2.24, 2.45) is 0 Å². The SMILES string of the molecule is C=C(C)C(O)(C(=O)CCCCCCCCCCCCCCCCC)C(=O)CCCCCCCCCCCCCCCCC. The van der Waals surface area contributed by atoms with Gasteiger partial charge in [0, 0.05) is 12.8 Å². The highest BCUT2D eigenvalue weighted by atomic mass is 16.3. The molecule has 254 valence electrons. The molecule has 0 aromatic rings. The van der Waals surface area contributed by atoms with Gasteiger partial charge in [-0.3, -0.25) is 9.59 Å². The summed E-state index contributed by atoms with van der Waals surface area (Å²) >= 11 is 0. The zero-order valence-electron chi connectivity index (χ0n) is 29.6. The number of ketones is 2. The normalized spacial score (nSPS) is 11.7. The van der Waals surface area contributed by atoms with Crippen LogP contribution in [0.25, 0.3) is 0 Å². The minimum absolute atomic E-state index is 0.270. The number of Topliss-reactive ketones (excluding diaryl/α,β-unsaturated/α-hetero) is 2. The monoisotopic (exact) mass is 605 g/mol. The van der Waals surface area contributed by atoms with Crippen LogP contribution in [0.5, 0.6) is 0 Å². The molecule has 0 aromatic heterocycles. The fraction of sp³-hybridized carbons (Fsp3) is 0.900. The minimum atomic E-state index is -1.98. The summed E-state index contributed by atoms with van der Waals surface area (Å²) < 4.78 is 0. The van der Waals surface area contributed by atoms with Gasteiger partial charge in [-0.2, -0.15) is 0 Å². The molecule has 0 aliphatic rings. The summed E-state index contributed by atoms with van der Waals surface area (Å²) in [6.07, 6.45) is 38.8. The van der Waals surface area contributed by atoms with Gasteiger partial charge in [-0.15, -0.1) is 0 Å². The molecule has 0 spiro atoms. The molecule has 0 saturated heterocycles. The molecular weight excluding hydrogens is 528 g/mol. The van der Waals surface area contributed by atoms with E-state index in [0.717, 1.165) is 38.5 Å². The summed E-state index contributed by atoms with van der Waals surface area (Å²) in [5, 5.41) is 11.1. The van der Waals surface area contributed by atoms with Gasteiger partial charge >= 0.3 is 0 Å². The molecule has 0 fully saturated rings. The smallest absolute Gasteiger partial charge is 0.202 e. The van der Waals surface area contributed by atoms with Crippen LogP contribution in [-0.2, 0) is 9.59 Å². The second-order valence-corrected chi connectivity index (χ2v) is 13.7. The van der Waals surface area contributed by atoms with Gasteiger partial charge in [-0.1, -0.05) is 200 Å². The molecule has 0 radical (unpaired) electrons. The van der Waals surface area contributed by atoms with E-state index in [-0.39, 0.29) is 30.0 Å². The molecular formula is C40H76O3. The van der Waals surface area contributed by atoms with Crippen molar-refractivity contribution in [3.8, 4) is 0 Å². The Hall–Kier alpha value is -0.960. The van der Waals surface area contributed by atoms with Crippen molar-refractivity contribution in [3.63, 3.8) is 0 Å². The highest BCUT2D eigenvalue weighted by Gasteiger charge is 2.42. The maximum atomic E-state index is 12.9. The Morgan fingerprint density at radius 1 is 0.419 bits per heavy atom. The standard InChI is InChI=1S/C40H76O3/c1-5-7-9-11-13-15-17-19-21-23-25-27-29-31-33-35-38(41)40(43,37(3)4)39(42)36-34-32-30-28-26-24-22-20-18-16-14-12-10-8-6-2/h43H,3,5-36H2,1-2,4H3. The van der Waals surface area contributed by atoms with Gasteiger partial charge in [-0.05, 0) is 25.3 Å². The van der Waals surface area contributed by atoms with E-state index in [1.807, 2.05) is 0 Å². The summed E-state index contributed by atoms with van der Waals surface area (Å²) in [7, 11) is 0. The maximum absolute atomic E-state index is 12.9. The van der Waals surface area contributed by atoms with Crippen molar-refractivity contribution in [1.29, 1.82) is 0 Å². The Morgan fingerprint density at radius 2 is 0.605 bits per heavy atom. The zero-order chi connectivity index (χ0) is 31.9. The average Bonchev–Trinajstić information content (AvgIpc) is 3.00. The van der Waals surface area contributed by atoms with E-state index < -0.39 is 5.60 Å². The van der Waals surface area contributed by atoms with E-state index in [1.165, 1.54) is 154 Å². The number of carbonyl (C=O) groups is 2. The molecule has 0 rings (SSSR count). The van der Waals surface area contributed by atoms with Crippen LogP contribution in [0.1, 0.15) is 226 Å². The summed E-state index contributed by atoms with van der Waals surface area (Å²) in [5.74, 6) is -0.693. The molecule has 0 saturated carbocycles. The molecule has 3 nitrogen and oxygen atoms in total. The first kappa shape index (κ1) is 42.0. The molecule has 43 heavy (non-hydrogen) atoms. The van der Waals surface area contributed by atoms with Crippen LogP contribution < -0.4 is 0 Å². The molecule has 3 heteroatoms. The predicted molar refractivity (Wildman–Crippen MR) is 189 cm³/mol. The van der Waals surface area contributed by atoms with Crippen LogP contribution in [0, 0.1) is 0 Å². The number of aliphatic hydroxyl groups is 1. The second-order valence-electron chi connectivity index (χ2n) is 13.7. The van der Waals surface area contributed by atoms with Crippen molar-refractivity contribution < 1.29 is 14.7 Å². The molecule has 0 aliphatic heterocycles. The first-order valence-electron chi connectivity index (χ1n) is 19.4. The van der Waals surface area contributed by atoms with Crippen molar-refractivity contribution in [1.82, 2.24) is 0 Å². The Kier molecular flexibility index (Phi) is 30.3. The largest absolute Gasteiger partial charge is 0.371 e. The zero-order valence-corrected chi connectivity index (χ0v) is 29.6. The van der Waals surface area contributed by atoms with Gasteiger partial charge in [0.15, 0.2) is 11.6 Å². The summed E-state index contributed by atoms with van der Waals surface area (Å²) in [4.78, 5) is 25.8. The third-order valence-corrected chi connectivity index (χ3v) is 9.44. The second kappa shape index (κ2) is 31.0. The Morgan fingerprint density at radius 3 is 0.791 bits per heavy atom. The third-order valence-electron chi connectivity index (χ3n) is 9.44. The molecule has 0 amide bonds. The quantitative estimate of drug-likeness (QED) is 0.0445. The Balaban J connectivity index is 3.81. The van der Waals surface area contributed by atoms with Crippen molar-refractivity contribution in [3.05, 3.63) is 12.2 Å². The molecule has 0 bridgehead atoms. The van der Waals surface area contributed by atoms with Crippen LogP contribution in [0.15, 0.2) is 12.2 Å². The molecule has 1 N–H and O–H groups in total. The minimum Gasteiger partial charge on any atom is -0.371 e. The lowest BCUT2D eigenvalue weighted by Crippen LogP contribution is -2.47. The van der Waals surface area contributed by atoms with Crippen molar-refractivity contribution in [2.75, 3.05) is 0 Å². The van der Waals surface area contributed by atoms with E-state index in [0.29, 0.717) is 0 Å².